The molecule has 3 nitrogen and oxygen atoms in total. The van der Waals surface area contributed by atoms with Crippen LogP contribution >= 0.6 is 0 Å². The molecule has 0 aliphatic carbocycles. The van der Waals surface area contributed by atoms with Crippen LogP contribution < -0.4 is 10.6 Å². The van der Waals surface area contributed by atoms with Gasteiger partial charge in [0.25, 0.3) is 0 Å². The van der Waals surface area contributed by atoms with Crippen molar-refractivity contribution in [3.05, 3.63) is 35.9 Å². The molecule has 2 rings (SSSR count). The molecular formula is C18H28N2O. The Hall–Kier alpha value is -1.35. The number of benzene rings is 1. The van der Waals surface area contributed by atoms with Crippen LogP contribution in [0.3, 0.4) is 0 Å². The number of carbonyl (C=O) groups excluding carboxylic acids is 1. The second-order valence-electron chi connectivity index (χ2n) is 7.43. The van der Waals surface area contributed by atoms with E-state index in [-0.39, 0.29) is 23.4 Å². The van der Waals surface area contributed by atoms with Crippen molar-refractivity contribution in [3.63, 3.8) is 0 Å². The number of carbonyl (C=O) groups is 1. The lowest BCUT2D eigenvalue weighted by atomic mass is 9.85. The molecule has 0 aromatic heterocycles. The Morgan fingerprint density at radius 2 is 2.00 bits per heavy atom. The van der Waals surface area contributed by atoms with Crippen molar-refractivity contribution in [2.75, 3.05) is 6.54 Å². The van der Waals surface area contributed by atoms with Gasteiger partial charge in [-0.3, -0.25) is 4.79 Å². The summed E-state index contributed by atoms with van der Waals surface area (Å²) in [5, 5.41) is 6.57. The van der Waals surface area contributed by atoms with E-state index in [2.05, 4.69) is 50.5 Å². The fourth-order valence-corrected chi connectivity index (χ4v) is 3.00. The number of nitrogens with one attached hydrogen (secondary N) is 2. The molecule has 1 aliphatic heterocycles. The van der Waals surface area contributed by atoms with Gasteiger partial charge in [0.05, 0.1) is 12.1 Å². The lowest BCUT2D eigenvalue weighted by Crippen LogP contribution is -2.45. The van der Waals surface area contributed by atoms with Crippen LogP contribution in [0.15, 0.2) is 30.3 Å². The third-order valence-electron chi connectivity index (χ3n) is 4.15. The summed E-state index contributed by atoms with van der Waals surface area (Å²) in [4.78, 5) is 12.6. The van der Waals surface area contributed by atoms with Crippen molar-refractivity contribution in [1.29, 1.82) is 0 Å². The topological polar surface area (TPSA) is 41.1 Å². The number of hydrogen-bond donors (Lipinski definition) is 2. The maximum atomic E-state index is 12.6. The molecule has 116 valence electrons. The zero-order chi connectivity index (χ0) is 15.5. The molecule has 0 bridgehead atoms. The summed E-state index contributed by atoms with van der Waals surface area (Å²) in [6.07, 6.45) is 2.01. The molecule has 3 heteroatoms. The molecule has 1 aliphatic rings. The van der Waals surface area contributed by atoms with Crippen LogP contribution in [0.4, 0.5) is 0 Å². The normalized spacial score (nSPS) is 23.8. The first-order valence-electron chi connectivity index (χ1n) is 7.95. The van der Waals surface area contributed by atoms with Gasteiger partial charge in [0.2, 0.25) is 5.91 Å². The van der Waals surface area contributed by atoms with Crippen LogP contribution in [-0.2, 0) is 4.79 Å². The molecule has 1 aromatic rings. The second-order valence-corrected chi connectivity index (χ2v) is 7.43. The Morgan fingerprint density at radius 3 is 2.52 bits per heavy atom. The molecular weight excluding hydrogens is 260 g/mol. The predicted octanol–water partition coefficient (Wildman–Crippen LogP) is 3.28. The summed E-state index contributed by atoms with van der Waals surface area (Å²) in [5.41, 5.74) is 1.36. The van der Waals surface area contributed by atoms with Crippen LogP contribution in [0.25, 0.3) is 0 Å². The SMILES string of the molecule is CC1CCNC1C(=O)NC(CC(C)(C)C)c1ccccc1. The summed E-state index contributed by atoms with van der Waals surface area (Å²) in [6.45, 7) is 9.72. The molecule has 3 unspecified atom stereocenters. The van der Waals surface area contributed by atoms with E-state index in [0.717, 1.165) is 19.4 Å². The Labute approximate surface area is 128 Å². The highest BCUT2D eigenvalue weighted by molar-refractivity contribution is 5.82. The van der Waals surface area contributed by atoms with Crippen LogP contribution in [0.5, 0.6) is 0 Å². The Balaban J connectivity index is 2.10. The summed E-state index contributed by atoms with van der Waals surface area (Å²) >= 11 is 0. The molecule has 1 amide bonds. The fraction of sp³-hybridized carbons (Fsp3) is 0.611. The summed E-state index contributed by atoms with van der Waals surface area (Å²) < 4.78 is 0. The van der Waals surface area contributed by atoms with Gasteiger partial charge in [0.15, 0.2) is 0 Å². The second kappa shape index (κ2) is 6.61. The van der Waals surface area contributed by atoms with Crippen LogP contribution in [0.1, 0.15) is 52.1 Å². The molecule has 0 radical (unpaired) electrons. The van der Waals surface area contributed by atoms with Gasteiger partial charge in [-0.25, -0.2) is 0 Å². The van der Waals surface area contributed by atoms with Gasteiger partial charge in [-0.2, -0.15) is 0 Å². The average molecular weight is 288 g/mol. The standard InChI is InChI=1S/C18H28N2O/c1-13-10-11-19-16(13)17(21)20-15(12-18(2,3)4)14-8-6-5-7-9-14/h5-9,13,15-16,19H,10-12H2,1-4H3,(H,20,21). The lowest BCUT2D eigenvalue weighted by Gasteiger charge is -2.29. The lowest BCUT2D eigenvalue weighted by molar-refractivity contribution is -0.124. The highest BCUT2D eigenvalue weighted by Crippen LogP contribution is 2.29. The first-order chi connectivity index (χ1) is 9.87. The summed E-state index contributed by atoms with van der Waals surface area (Å²) in [5.74, 6) is 0.550. The number of hydrogen-bond acceptors (Lipinski definition) is 2. The average Bonchev–Trinajstić information content (AvgIpc) is 2.84. The number of rotatable bonds is 4. The first-order valence-corrected chi connectivity index (χ1v) is 7.95. The van der Waals surface area contributed by atoms with Gasteiger partial charge in [-0.15, -0.1) is 0 Å². The molecule has 0 spiro atoms. The molecule has 1 fully saturated rings. The van der Waals surface area contributed by atoms with Gasteiger partial charge in [0, 0.05) is 0 Å². The Kier molecular flexibility index (Phi) is 5.04. The maximum absolute atomic E-state index is 12.6. The van der Waals surface area contributed by atoms with Crippen LogP contribution in [0.2, 0.25) is 0 Å². The molecule has 1 saturated heterocycles. The quantitative estimate of drug-likeness (QED) is 0.892. The van der Waals surface area contributed by atoms with Crippen LogP contribution in [0, 0.1) is 11.3 Å². The van der Waals surface area contributed by atoms with Crippen molar-refractivity contribution in [2.24, 2.45) is 11.3 Å². The largest absolute Gasteiger partial charge is 0.348 e. The Bertz CT molecular complexity index is 464. The maximum Gasteiger partial charge on any atom is 0.237 e. The van der Waals surface area contributed by atoms with E-state index in [1.165, 1.54) is 5.56 Å². The Morgan fingerprint density at radius 1 is 1.33 bits per heavy atom. The smallest absolute Gasteiger partial charge is 0.237 e. The first kappa shape index (κ1) is 16.0. The van der Waals surface area contributed by atoms with E-state index < -0.39 is 0 Å². The minimum Gasteiger partial charge on any atom is -0.348 e. The van der Waals surface area contributed by atoms with Gasteiger partial charge in [-0.1, -0.05) is 58.0 Å². The van der Waals surface area contributed by atoms with Crippen molar-refractivity contribution >= 4 is 5.91 Å². The van der Waals surface area contributed by atoms with E-state index in [9.17, 15) is 4.79 Å². The third kappa shape index (κ3) is 4.57. The van der Waals surface area contributed by atoms with Gasteiger partial charge in [-0.05, 0) is 36.3 Å². The molecule has 1 aromatic carbocycles. The fourth-order valence-electron chi connectivity index (χ4n) is 3.00. The monoisotopic (exact) mass is 288 g/mol. The summed E-state index contributed by atoms with van der Waals surface area (Å²) in [6, 6.07) is 10.3. The highest BCUT2D eigenvalue weighted by atomic mass is 16.2. The molecule has 21 heavy (non-hydrogen) atoms. The van der Waals surface area contributed by atoms with Crippen LogP contribution in [-0.4, -0.2) is 18.5 Å². The third-order valence-corrected chi connectivity index (χ3v) is 4.15. The predicted molar refractivity (Wildman–Crippen MR) is 87.0 cm³/mol. The minimum atomic E-state index is -0.0452. The zero-order valence-corrected chi connectivity index (χ0v) is 13.6. The van der Waals surface area contributed by atoms with E-state index >= 15 is 0 Å². The van der Waals surface area contributed by atoms with Gasteiger partial charge >= 0.3 is 0 Å². The van der Waals surface area contributed by atoms with E-state index in [1.807, 2.05) is 18.2 Å². The summed E-state index contributed by atoms with van der Waals surface area (Å²) in [7, 11) is 0. The molecule has 2 N–H and O–H groups in total. The zero-order valence-electron chi connectivity index (χ0n) is 13.6. The molecule has 0 saturated carbocycles. The van der Waals surface area contributed by atoms with E-state index in [0.29, 0.717) is 5.92 Å². The van der Waals surface area contributed by atoms with Crippen molar-refractivity contribution in [1.82, 2.24) is 10.6 Å². The number of amides is 1. The van der Waals surface area contributed by atoms with E-state index in [4.69, 9.17) is 0 Å². The van der Waals surface area contributed by atoms with E-state index in [1.54, 1.807) is 0 Å². The van der Waals surface area contributed by atoms with Gasteiger partial charge < -0.3 is 10.6 Å². The highest BCUT2D eigenvalue weighted by Gasteiger charge is 2.31. The minimum absolute atomic E-state index is 0.0452. The van der Waals surface area contributed by atoms with Crippen molar-refractivity contribution in [3.8, 4) is 0 Å². The molecule has 1 heterocycles. The molecule has 3 atom stereocenters. The van der Waals surface area contributed by atoms with Gasteiger partial charge in [0.1, 0.15) is 0 Å². The van der Waals surface area contributed by atoms with Crippen molar-refractivity contribution < 1.29 is 4.79 Å². The van der Waals surface area contributed by atoms with Crippen molar-refractivity contribution in [2.45, 2.75) is 52.6 Å².